The summed E-state index contributed by atoms with van der Waals surface area (Å²) in [5, 5.41) is 6.70. The van der Waals surface area contributed by atoms with E-state index >= 15 is 0 Å². The third-order valence-corrected chi connectivity index (χ3v) is 3.33. The number of thiocarbonyl (C=S) groups is 1. The highest BCUT2D eigenvalue weighted by Crippen LogP contribution is 2.19. The molecule has 0 atom stereocenters. The monoisotopic (exact) mass is 317 g/mol. The summed E-state index contributed by atoms with van der Waals surface area (Å²) in [4.78, 5) is 4.20. The first-order valence-corrected chi connectivity index (χ1v) is 7.30. The third-order valence-electron chi connectivity index (χ3n) is 3.08. The molecule has 0 saturated heterocycles. The van der Waals surface area contributed by atoms with Crippen LogP contribution in [-0.2, 0) is 6.42 Å². The maximum Gasteiger partial charge on any atom is 0.174 e. The second-order valence-electron chi connectivity index (χ2n) is 4.53. The second-order valence-corrected chi connectivity index (χ2v) is 4.94. The summed E-state index contributed by atoms with van der Waals surface area (Å²) in [7, 11) is 3.26. The molecular formula is C16H19N3O2S. The molecule has 0 aliphatic heterocycles. The number of nitrogens with one attached hydrogen (secondary N) is 2. The average molecular weight is 317 g/mol. The van der Waals surface area contributed by atoms with Crippen molar-refractivity contribution in [2.24, 2.45) is 0 Å². The SMILES string of the molecule is COc1ccc(CCNC(=S)Nc2ncccc2OC)cc1. The van der Waals surface area contributed by atoms with E-state index in [9.17, 15) is 0 Å². The van der Waals surface area contributed by atoms with Crippen LogP contribution in [0.1, 0.15) is 5.56 Å². The number of aromatic nitrogens is 1. The smallest absolute Gasteiger partial charge is 0.174 e. The van der Waals surface area contributed by atoms with E-state index in [1.807, 2.05) is 36.4 Å². The van der Waals surface area contributed by atoms with Gasteiger partial charge in [-0.1, -0.05) is 12.1 Å². The van der Waals surface area contributed by atoms with Crippen LogP contribution in [0.15, 0.2) is 42.6 Å². The topological polar surface area (TPSA) is 55.4 Å². The Morgan fingerprint density at radius 3 is 2.59 bits per heavy atom. The van der Waals surface area contributed by atoms with Gasteiger partial charge in [-0.05, 0) is 48.5 Å². The Hall–Kier alpha value is -2.34. The number of anilines is 1. The number of methoxy groups -OCH3 is 2. The highest BCUT2D eigenvalue weighted by atomic mass is 32.1. The van der Waals surface area contributed by atoms with Crippen LogP contribution in [0.4, 0.5) is 5.82 Å². The van der Waals surface area contributed by atoms with Crippen LogP contribution in [0.2, 0.25) is 0 Å². The molecule has 0 spiro atoms. The van der Waals surface area contributed by atoms with Crippen LogP contribution in [-0.4, -0.2) is 30.9 Å². The van der Waals surface area contributed by atoms with Gasteiger partial charge in [-0.2, -0.15) is 0 Å². The van der Waals surface area contributed by atoms with Crippen molar-refractivity contribution in [2.75, 3.05) is 26.1 Å². The summed E-state index contributed by atoms with van der Waals surface area (Å²) in [6, 6.07) is 11.6. The molecule has 0 amide bonds. The fraction of sp³-hybridized carbons (Fsp3) is 0.250. The number of rotatable bonds is 6. The standard InChI is InChI=1S/C16H19N3O2S/c1-20-13-7-5-12(6-8-13)9-11-18-16(22)19-15-14(21-2)4-3-10-17-15/h3-8,10H,9,11H2,1-2H3,(H2,17,18,19,22). The number of pyridine rings is 1. The molecule has 0 saturated carbocycles. The summed E-state index contributed by atoms with van der Waals surface area (Å²) in [6.07, 6.45) is 2.55. The van der Waals surface area contributed by atoms with Crippen molar-refractivity contribution in [1.82, 2.24) is 10.3 Å². The molecule has 5 nitrogen and oxygen atoms in total. The molecule has 0 aliphatic carbocycles. The number of hydrogen-bond acceptors (Lipinski definition) is 4. The van der Waals surface area contributed by atoms with E-state index in [1.54, 1.807) is 20.4 Å². The van der Waals surface area contributed by atoms with Crippen molar-refractivity contribution in [1.29, 1.82) is 0 Å². The lowest BCUT2D eigenvalue weighted by atomic mass is 10.1. The van der Waals surface area contributed by atoms with Crippen molar-refractivity contribution in [3.63, 3.8) is 0 Å². The molecule has 2 aromatic rings. The van der Waals surface area contributed by atoms with Gasteiger partial charge < -0.3 is 20.1 Å². The van der Waals surface area contributed by atoms with Gasteiger partial charge in [0.05, 0.1) is 14.2 Å². The molecule has 0 bridgehead atoms. The molecular weight excluding hydrogens is 298 g/mol. The zero-order chi connectivity index (χ0) is 15.8. The molecule has 1 aromatic carbocycles. The maximum atomic E-state index is 5.26. The molecule has 0 fully saturated rings. The van der Waals surface area contributed by atoms with Crippen LogP contribution in [0.5, 0.6) is 11.5 Å². The van der Waals surface area contributed by atoms with Gasteiger partial charge in [-0.15, -0.1) is 0 Å². The van der Waals surface area contributed by atoms with Crippen molar-refractivity contribution in [2.45, 2.75) is 6.42 Å². The normalized spacial score (nSPS) is 9.91. The third kappa shape index (κ3) is 4.60. The van der Waals surface area contributed by atoms with E-state index in [0.29, 0.717) is 16.7 Å². The van der Waals surface area contributed by atoms with Crippen LogP contribution in [0.3, 0.4) is 0 Å². The fourth-order valence-electron chi connectivity index (χ4n) is 1.91. The second kappa shape index (κ2) is 8.19. The first kappa shape index (κ1) is 16.0. The van der Waals surface area contributed by atoms with E-state index in [0.717, 1.165) is 18.7 Å². The van der Waals surface area contributed by atoms with E-state index in [4.69, 9.17) is 21.7 Å². The van der Waals surface area contributed by atoms with Crippen molar-refractivity contribution in [3.8, 4) is 11.5 Å². The number of nitrogens with zero attached hydrogens (tertiary/aromatic N) is 1. The summed E-state index contributed by atoms with van der Waals surface area (Å²) >= 11 is 5.26. The minimum atomic E-state index is 0.519. The Morgan fingerprint density at radius 1 is 1.14 bits per heavy atom. The summed E-state index contributed by atoms with van der Waals surface area (Å²) in [6.45, 7) is 0.729. The summed E-state index contributed by atoms with van der Waals surface area (Å²) < 4.78 is 10.4. The molecule has 2 rings (SSSR count). The van der Waals surface area contributed by atoms with Gasteiger partial charge in [0, 0.05) is 12.7 Å². The fourth-order valence-corrected chi connectivity index (χ4v) is 2.11. The maximum absolute atomic E-state index is 5.26. The van der Waals surface area contributed by atoms with Gasteiger partial charge in [0.1, 0.15) is 5.75 Å². The number of benzene rings is 1. The average Bonchev–Trinajstić information content (AvgIpc) is 2.56. The zero-order valence-corrected chi connectivity index (χ0v) is 13.4. The Labute approximate surface area is 135 Å². The van der Waals surface area contributed by atoms with Crippen molar-refractivity contribution >= 4 is 23.1 Å². The Morgan fingerprint density at radius 2 is 1.91 bits per heavy atom. The largest absolute Gasteiger partial charge is 0.497 e. The first-order valence-electron chi connectivity index (χ1n) is 6.89. The lowest BCUT2D eigenvalue weighted by molar-refractivity contribution is 0.414. The van der Waals surface area contributed by atoms with Crippen LogP contribution in [0, 0.1) is 0 Å². The molecule has 0 radical (unpaired) electrons. The molecule has 2 N–H and O–H groups in total. The van der Waals surface area contributed by atoms with Gasteiger partial charge >= 0.3 is 0 Å². The zero-order valence-electron chi connectivity index (χ0n) is 12.6. The molecule has 116 valence electrons. The Kier molecular flexibility index (Phi) is 5.97. The van der Waals surface area contributed by atoms with Crippen LogP contribution < -0.4 is 20.1 Å². The Bertz CT molecular complexity index is 617. The van der Waals surface area contributed by atoms with Gasteiger partial charge in [-0.25, -0.2) is 4.98 Å². The molecule has 1 aromatic heterocycles. The lowest BCUT2D eigenvalue weighted by Gasteiger charge is -2.12. The molecule has 6 heteroatoms. The Balaban J connectivity index is 1.80. The highest BCUT2D eigenvalue weighted by molar-refractivity contribution is 7.80. The van der Waals surface area contributed by atoms with Crippen molar-refractivity contribution < 1.29 is 9.47 Å². The minimum Gasteiger partial charge on any atom is -0.497 e. The van der Waals surface area contributed by atoms with Gasteiger partial charge in [0.2, 0.25) is 0 Å². The lowest BCUT2D eigenvalue weighted by Crippen LogP contribution is -2.30. The molecule has 1 heterocycles. The molecule has 0 unspecified atom stereocenters. The molecule has 0 aliphatic rings. The number of ether oxygens (including phenoxy) is 2. The van der Waals surface area contributed by atoms with Gasteiger partial charge in [-0.3, -0.25) is 0 Å². The van der Waals surface area contributed by atoms with Crippen LogP contribution in [0.25, 0.3) is 0 Å². The van der Waals surface area contributed by atoms with Crippen molar-refractivity contribution in [3.05, 3.63) is 48.2 Å². The first-order chi connectivity index (χ1) is 10.7. The van der Waals surface area contributed by atoms with Gasteiger partial charge in [0.15, 0.2) is 16.7 Å². The highest BCUT2D eigenvalue weighted by Gasteiger charge is 2.05. The van der Waals surface area contributed by atoms with Crippen LogP contribution >= 0.6 is 12.2 Å². The minimum absolute atomic E-state index is 0.519. The van der Waals surface area contributed by atoms with E-state index in [-0.39, 0.29) is 0 Å². The van der Waals surface area contributed by atoms with E-state index < -0.39 is 0 Å². The molecule has 22 heavy (non-hydrogen) atoms. The number of hydrogen-bond donors (Lipinski definition) is 2. The quantitative estimate of drug-likeness (QED) is 0.799. The predicted octanol–water partition coefficient (Wildman–Crippen LogP) is 2.63. The summed E-state index contributed by atoms with van der Waals surface area (Å²) in [5.74, 6) is 2.12. The van der Waals surface area contributed by atoms with Gasteiger partial charge in [0.25, 0.3) is 0 Å². The summed E-state index contributed by atoms with van der Waals surface area (Å²) in [5.41, 5.74) is 1.21. The predicted molar refractivity (Wildman–Crippen MR) is 91.7 cm³/mol. The van der Waals surface area contributed by atoms with E-state index in [1.165, 1.54) is 5.56 Å². The van der Waals surface area contributed by atoms with E-state index in [2.05, 4.69) is 15.6 Å².